The number of nitrogens with one attached hydrogen (secondary N) is 1. The van der Waals surface area contributed by atoms with Crippen molar-refractivity contribution < 1.29 is 0 Å². The summed E-state index contributed by atoms with van der Waals surface area (Å²) in [5, 5.41) is 0.554. The van der Waals surface area contributed by atoms with E-state index in [2.05, 4.69) is 9.97 Å². The quantitative estimate of drug-likeness (QED) is 0.770. The van der Waals surface area contributed by atoms with Crippen LogP contribution < -0.4 is 11.4 Å². The molecule has 0 saturated carbocycles. The molecule has 0 amide bonds. The Morgan fingerprint density at radius 2 is 2.07 bits per heavy atom. The molecule has 5 heteroatoms. The van der Waals surface area contributed by atoms with Crippen molar-refractivity contribution >= 4 is 17.4 Å². The van der Waals surface area contributed by atoms with Crippen molar-refractivity contribution in [3.05, 3.63) is 45.8 Å². The number of anilines is 1. The molecule has 15 heavy (non-hydrogen) atoms. The minimum absolute atomic E-state index is 0.175. The smallest absolute Gasteiger partial charge is 0.347 e. The molecule has 0 radical (unpaired) electrons. The van der Waals surface area contributed by atoms with Gasteiger partial charge in [-0.15, -0.1) is 0 Å². The highest BCUT2D eigenvalue weighted by atomic mass is 35.5. The van der Waals surface area contributed by atoms with Crippen molar-refractivity contribution in [3.8, 4) is 11.3 Å². The number of hydrogen-bond acceptors (Lipinski definition) is 3. The number of nitrogen functional groups attached to an aromatic ring is 1. The number of H-pyrrole nitrogens is 1. The van der Waals surface area contributed by atoms with E-state index in [9.17, 15) is 4.79 Å². The van der Waals surface area contributed by atoms with E-state index in [1.165, 1.54) is 0 Å². The SMILES string of the molecule is Nc1cc(-c2ccccc2Cl)[nH]c(=O)n1. The van der Waals surface area contributed by atoms with Gasteiger partial charge in [0.2, 0.25) is 0 Å². The zero-order chi connectivity index (χ0) is 10.8. The summed E-state index contributed by atoms with van der Waals surface area (Å²) in [6, 6.07) is 8.76. The Kier molecular flexibility index (Phi) is 2.43. The standard InChI is InChI=1S/C10H8ClN3O/c11-7-4-2-1-3-6(7)8-5-9(12)14-10(15)13-8/h1-5H,(H3,12,13,14,15). The van der Waals surface area contributed by atoms with Crippen molar-refractivity contribution in [1.82, 2.24) is 9.97 Å². The molecule has 1 aromatic heterocycles. The van der Waals surface area contributed by atoms with E-state index in [0.29, 0.717) is 10.7 Å². The number of aromatic amines is 1. The number of rotatable bonds is 1. The van der Waals surface area contributed by atoms with E-state index in [1.807, 2.05) is 12.1 Å². The summed E-state index contributed by atoms with van der Waals surface area (Å²) in [5.74, 6) is 0.175. The van der Waals surface area contributed by atoms with Crippen LogP contribution in [0.25, 0.3) is 11.3 Å². The van der Waals surface area contributed by atoms with Gasteiger partial charge in [-0.05, 0) is 6.07 Å². The normalized spacial score (nSPS) is 10.2. The molecule has 0 spiro atoms. The van der Waals surface area contributed by atoms with Gasteiger partial charge in [-0.25, -0.2) is 4.79 Å². The van der Waals surface area contributed by atoms with E-state index < -0.39 is 5.69 Å². The molecule has 0 aliphatic rings. The first-order valence-corrected chi connectivity index (χ1v) is 4.66. The predicted molar refractivity (Wildman–Crippen MR) is 59.7 cm³/mol. The lowest BCUT2D eigenvalue weighted by Crippen LogP contribution is -2.13. The summed E-state index contributed by atoms with van der Waals surface area (Å²) in [7, 11) is 0. The number of aromatic nitrogens is 2. The van der Waals surface area contributed by atoms with Gasteiger partial charge in [0.25, 0.3) is 0 Å². The average Bonchev–Trinajstić information content (AvgIpc) is 2.16. The topological polar surface area (TPSA) is 71.8 Å². The van der Waals surface area contributed by atoms with Crippen LogP contribution in [-0.4, -0.2) is 9.97 Å². The Morgan fingerprint density at radius 1 is 1.33 bits per heavy atom. The lowest BCUT2D eigenvalue weighted by Gasteiger charge is -2.03. The zero-order valence-corrected chi connectivity index (χ0v) is 8.45. The molecular weight excluding hydrogens is 214 g/mol. The van der Waals surface area contributed by atoms with Crippen LogP contribution in [0.4, 0.5) is 5.82 Å². The molecule has 0 bridgehead atoms. The van der Waals surface area contributed by atoms with Crippen molar-refractivity contribution in [2.75, 3.05) is 5.73 Å². The summed E-state index contributed by atoms with van der Waals surface area (Å²) < 4.78 is 0. The molecule has 4 nitrogen and oxygen atoms in total. The summed E-state index contributed by atoms with van der Waals surface area (Å²) in [6.07, 6.45) is 0. The van der Waals surface area contributed by atoms with Crippen LogP contribution in [0.2, 0.25) is 5.02 Å². The molecule has 0 unspecified atom stereocenters. The predicted octanol–water partition coefficient (Wildman–Crippen LogP) is 1.67. The molecule has 3 N–H and O–H groups in total. The molecule has 0 saturated heterocycles. The fraction of sp³-hybridized carbons (Fsp3) is 0. The largest absolute Gasteiger partial charge is 0.383 e. The molecule has 1 heterocycles. The Hall–Kier alpha value is -1.81. The van der Waals surface area contributed by atoms with Gasteiger partial charge in [0.05, 0.1) is 5.69 Å². The third-order valence-electron chi connectivity index (χ3n) is 1.93. The fourth-order valence-corrected chi connectivity index (χ4v) is 1.54. The molecular formula is C10H8ClN3O. The van der Waals surface area contributed by atoms with E-state index >= 15 is 0 Å². The summed E-state index contributed by atoms with van der Waals surface area (Å²) in [5.41, 5.74) is 6.29. The van der Waals surface area contributed by atoms with Gasteiger partial charge < -0.3 is 10.7 Å². The number of hydrogen-bond donors (Lipinski definition) is 2. The van der Waals surface area contributed by atoms with Gasteiger partial charge in [0.15, 0.2) is 0 Å². The van der Waals surface area contributed by atoms with Gasteiger partial charge in [-0.2, -0.15) is 4.98 Å². The van der Waals surface area contributed by atoms with Crippen molar-refractivity contribution in [1.29, 1.82) is 0 Å². The van der Waals surface area contributed by atoms with Gasteiger partial charge in [-0.3, -0.25) is 0 Å². The van der Waals surface area contributed by atoms with Gasteiger partial charge in [-0.1, -0.05) is 29.8 Å². The minimum Gasteiger partial charge on any atom is -0.383 e. The maximum Gasteiger partial charge on any atom is 0.347 e. The van der Waals surface area contributed by atoms with Crippen LogP contribution in [-0.2, 0) is 0 Å². The highest BCUT2D eigenvalue weighted by Crippen LogP contribution is 2.25. The molecule has 76 valence electrons. The second-order valence-corrected chi connectivity index (χ2v) is 3.41. The van der Waals surface area contributed by atoms with Crippen molar-refractivity contribution in [3.63, 3.8) is 0 Å². The highest BCUT2D eigenvalue weighted by molar-refractivity contribution is 6.33. The number of nitrogens with zero attached hydrogens (tertiary/aromatic N) is 1. The average molecular weight is 222 g/mol. The van der Waals surface area contributed by atoms with Gasteiger partial charge in [0.1, 0.15) is 5.82 Å². The number of benzene rings is 1. The van der Waals surface area contributed by atoms with Crippen LogP contribution in [0.3, 0.4) is 0 Å². The molecule has 0 atom stereocenters. The van der Waals surface area contributed by atoms with Crippen LogP contribution in [0, 0.1) is 0 Å². The highest BCUT2D eigenvalue weighted by Gasteiger charge is 2.04. The minimum atomic E-state index is -0.482. The number of halogens is 1. The third kappa shape index (κ3) is 1.99. The maximum absolute atomic E-state index is 11.1. The molecule has 2 rings (SSSR count). The van der Waals surface area contributed by atoms with Crippen LogP contribution in [0.5, 0.6) is 0 Å². The van der Waals surface area contributed by atoms with E-state index in [0.717, 1.165) is 5.56 Å². The number of nitrogens with two attached hydrogens (primary N) is 1. The van der Waals surface area contributed by atoms with Crippen LogP contribution >= 0.6 is 11.6 Å². The maximum atomic E-state index is 11.1. The lowest BCUT2D eigenvalue weighted by atomic mass is 10.1. The zero-order valence-electron chi connectivity index (χ0n) is 7.70. The van der Waals surface area contributed by atoms with E-state index in [-0.39, 0.29) is 5.82 Å². The van der Waals surface area contributed by atoms with E-state index in [1.54, 1.807) is 18.2 Å². The molecule has 2 aromatic rings. The second-order valence-electron chi connectivity index (χ2n) is 3.00. The summed E-state index contributed by atoms with van der Waals surface area (Å²) in [4.78, 5) is 17.2. The molecule has 0 aliphatic carbocycles. The Morgan fingerprint density at radius 3 is 2.73 bits per heavy atom. The van der Waals surface area contributed by atoms with Crippen molar-refractivity contribution in [2.24, 2.45) is 0 Å². The monoisotopic (exact) mass is 221 g/mol. The van der Waals surface area contributed by atoms with Gasteiger partial charge >= 0.3 is 5.69 Å². The van der Waals surface area contributed by atoms with Crippen molar-refractivity contribution in [2.45, 2.75) is 0 Å². The van der Waals surface area contributed by atoms with Crippen LogP contribution in [0.1, 0.15) is 0 Å². The Labute approximate surface area is 90.7 Å². The van der Waals surface area contributed by atoms with E-state index in [4.69, 9.17) is 17.3 Å². The first kappa shape index (κ1) is 9.73. The Bertz CT molecular complexity index is 550. The van der Waals surface area contributed by atoms with Gasteiger partial charge in [0, 0.05) is 16.7 Å². The lowest BCUT2D eigenvalue weighted by molar-refractivity contribution is 1.09. The first-order chi connectivity index (χ1) is 7.16. The first-order valence-electron chi connectivity index (χ1n) is 4.28. The molecule has 1 aromatic carbocycles. The Balaban J connectivity index is 2.64. The fourth-order valence-electron chi connectivity index (χ4n) is 1.30. The summed E-state index contributed by atoms with van der Waals surface area (Å²) in [6.45, 7) is 0. The second kappa shape index (κ2) is 3.74. The van der Waals surface area contributed by atoms with Crippen LogP contribution in [0.15, 0.2) is 35.1 Å². The summed E-state index contributed by atoms with van der Waals surface area (Å²) >= 11 is 5.98. The third-order valence-corrected chi connectivity index (χ3v) is 2.26. The molecule has 0 aliphatic heterocycles. The molecule has 0 fully saturated rings.